The molecule has 0 amide bonds. The minimum atomic E-state index is 0.381. The van der Waals surface area contributed by atoms with E-state index < -0.39 is 0 Å². The Balaban J connectivity index is 1.91. The molecule has 1 heterocycles. The standard InChI is InChI=1S/C16H26N2O/c1-18-12-9-15(10-13-18)19-16-8-3-2-6-14(16)7-4-5-11-17/h2-3,6,8,15H,4-5,7,9-13,17H2,1H3. The first-order chi connectivity index (χ1) is 9.29. The van der Waals surface area contributed by atoms with Crippen LogP contribution >= 0.6 is 0 Å². The molecule has 1 saturated heterocycles. The lowest BCUT2D eigenvalue weighted by Crippen LogP contribution is -2.35. The number of hydrogen-bond acceptors (Lipinski definition) is 3. The monoisotopic (exact) mass is 262 g/mol. The highest BCUT2D eigenvalue weighted by Gasteiger charge is 2.18. The molecule has 2 N–H and O–H groups in total. The number of rotatable bonds is 6. The van der Waals surface area contributed by atoms with Gasteiger partial charge in [0, 0.05) is 13.1 Å². The Labute approximate surface area is 116 Å². The van der Waals surface area contributed by atoms with Crippen LogP contribution in [0.1, 0.15) is 31.2 Å². The van der Waals surface area contributed by atoms with Crippen molar-refractivity contribution in [1.82, 2.24) is 4.90 Å². The summed E-state index contributed by atoms with van der Waals surface area (Å²) in [5.41, 5.74) is 6.89. The highest BCUT2D eigenvalue weighted by molar-refractivity contribution is 5.33. The van der Waals surface area contributed by atoms with Gasteiger partial charge < -0.3 is 15.4 Å². The summed E-state index contributed by atoms with van der Waals surface area (Å²) >= 11 is 0. The van der Waals surface area contributed by atoms with E-state index in [0.29, 0.717) is 6.10 Å². The Morgan fingerprint density at radius 3 is 2.68 bits per heavy atom. The van der Waals surface area contributed by atoms with E-state index in [0.717, 1.165) is 57.5 Å². The summed E-state index contributed by atoms with van der Waals surface area (Å²) in [6.45, 7) is 3.05. The van der Waals surface area contributed by atoms with Gasteiger partial charge in [-0.25, -0.2) is 0 Å². The molecule has 1 fully saturated rings. The third-order valence-corrected chi connectivity index (χ3v) is 3.83. The van der Waals surface area contributed by atoms with Gasteiger partial charge in [-0.05, 0) is 57.3 Å². The number of nitrogens with zero attached hydrogens (tertiary/aromatic N) is 1. The van der Waals surface area contributed by atoms with Crippen LogP contribution in [-0.2, 0) is 6.42 Å². The Morgan fingerprint density at radius 2 is 1.95 bits per heavy atom. The maximum absolute atomic E-state index is 6.21. The van der Waals surface area contributed by atoms with E-state index in [1.54, 1.807) is 0 Å². The van der Waals surface area contributed by atoms with Crippen LogP contribution in [0.2, 0.25) is 0 Å². The molecule has 0 aromatic heterocycles. The normalized spacial score (nSPS) is 17.6. The second-order valence-electron chi connectivity index (χ2n) is 5.47. The van der Waals surface area contributed by atoms with Crippen LogP contribution in [0.4, 0.5) is 0 Å². The van der Waals surface area contributed by atoms with Gasteiger partial charge in [0.15, 0.2) is 0 Å². The van der Waals surface area contributed by atoms with Gasteiger partial charge in [-0.1, -0.05) is 18.2 Å². The molecule has 2 rings (SSSR count). The second kappa shape index (κ2) is 7.51. The molecular formula is C16H26N2O. The molecule has 106 valence electrons. The molecule has 1 aromatic carbocycles. The number of piperidine rings is 1. The molecule has 1 aliphatic heterocycles. The summed E-state index contributed by atoms with van der Waals surface area (Å²) in [5.74, 6) is 1.08. The molecule has 0 saturated carbocycles. The average Bonchev–Trinajstić information content (AvgIpc) is 2.43. The van der Waals surface area contributed by atoms with Gasteiger partial charge in [0.25, 0.3) is 0 Å². The summed E-state index contributed by atoms with van der Waals surface area (Å²) < 4.78 is 6.21. The lowest BCUT2D eigenvalue weighted by molar-refractivity contribution is 0.113. The van der Waals surface area contributed by atoms with Gasteiger partial charge in [0.05, 0.1) is 0 Å². The van der Waals surface area contributed by atoms with Crippen molar-refractivity contribution in [3.63, 3.8) is 0 Å². The first kappa shape index (κ1) is 14.4. The number of nitrogens with two attached hydrogens (primary N) is 1. The summed E-state index contributed by atoms with van der Waals surface area (Å²) in [4.78, 5) is 2.37. The summed E-state index contributed by atoms with van der Waals surface area (Å²) in [7, 11) is 2.18. The number of benzene rings is 1. The van der Waals surface area contributed by atoms with Gasteiger partial charge in [0.1, 0.15) is 11.9 Å². The van der Waals surface area contributed by atoms with Crippen molar-refractivity contribution in [3.8, 4) is 5.75 Å². The number of para-hydroxylation sites is 1. The van der Waals surface area contributed by atoms with Crippen molar-refractivity contribution in [2.45, 2.75) is 38.2 Å². The zero-order chi connectivity index (χ0) is 13.5. The predicted octanol–water partition coefficient (Wildman–Crippen LogP) is 2.44. The summed E-state index contributed by atoms with van der Waals surface area (Å²) in [6.07, 6.45) is 5.94. The lowest BCUT2D eigenvalue weighted by atomic mass is 10.1. The number of aryl methyl sites for hydroxylation is 1. The lowest BCUT2D eigenvalue weighted by Gasteiger charge is -2.30. The molecule has 0 aliphatic carbocycles. The predicted molar refractivity (Wildman–Crippen MR) is 79.6 cm³/mol. The molecule has 1 aromatic rings. The van der Waals surface area contributed by atoms with Crippen LogP contribution in [0.15, 0.2) is 24.3 Å². The van der Waals surface area contributed by atoms with Crippen LogP contribution in [0.25, 0.3) is 0 Å². The minimum absolute atomic E-state index is 0.381. The molecule has 0 bridgehead atoms. The van der Waals surface area contributed by atoms with Gasteiger partial charge in [-0.15, -0.1) is 0 Å². The van der Waals surface area contributed by atoms with E-state index >= 15 is 0 Å². The zero-order valence-corrected chi connectivity index (χ0v) is 12.0. The molecule has 1 aliphatic rings. The number of hydrogen-bond donors (Lipinski definition) is 1. The molecule has 0 atom stereocenters. The Kier molecular flexibility index (Phi) is 5.67. The Morgan fingerprint density at radius 1 is 1.21 bits per heavy atom. The van der Waals surface area contributed by atoms with Crippen molar-refractivity contribution < 1.29 is 4.74 Å². The Bertz CT molecular complexity index is 373. The van der Waals surface area contributed by atoms with E-state index in [2.05, 4.69) is 36.2 Å². The highest BCUT2D eigenvalue weighted by atomic mass is 16.5. The van der Waals surface area contributed by atoms with Gasteiger partial charge in [-0.3, -0.25) is 0 Å². The molecule has 0 radical (unpaired) electrons. The number of unbranched alkanes of at least 4 members (excludes halogenated alkanes) is 1. The molecule has 3 heteroatoms. The van der Waals surface area contributed by atoms with Crippen LogP contribution in [0.5, 0.6) is 5.75 Å². The Hall–Kier alpha value is -1.06. The molecular weight excluding hydrogens is 236 g/mol. The largest absolute Gasteiger partial charge is 0.490 e. The average molecular weight is 262 g/mol. The fourth-order valence-corrected chi connectivity index (χ4v) is 2.57. The summed E-state index contributed by atoms with van der Waals surface area (Å²) in [5, 5.41) is 0. The molecule has 3 nitrogen and oxygen atoms in total. The number of ether oxygens (including phenoxy) is 1. The zero-order valence-electron chi connectivity index (χ0n) is 12.0. The second-order valence-corrected chi connectivity index (χ2v) is 5.47. The topological polar surface area (TPSA) is 38.5 Å². The molecule has 0 unspecified atom stereocenters. The van der Waals surface area contributed by atoms with E-state index in [9.17, 15) is 0 Å². The van der Waals surface area contributed by atoms with Crippen molar-refractivity contribution in [1.29, 1.82) is 0 Å². The fraction of sp³-hybridized carbons (Fsp3) is 0.625. The first-order valence-corrected chi connectivity index (χ1v) is 7.43. The van der Waals surface area contributed by atoms with Gasteiger partial charge in [-0.2, -0.15) is 0 Å². The smallest absolute Gasteiger partial charge is 0.122 e. The minimum Gasteiger partial charge on any atom is -0.490 e. The highest BCUT2D eigenvalue weighted by Crippen LogP contribution is 2.24. The van der Waals surface area contributed by atoms with Crippen LogP contribution < -0.4 is 10.5 Å². The maximum Gasteiger partial charge on any atom is 0.122 e. The van der Waals surface area contributed by atoms with Gasteiger partial charge in [0.2, 0.25) is 0 Å². The SMILES string of the molecule is CN1CCC(Oc2ccccc2CCCCN)CC1. The van der Waals surface area contributed by atoms with Crippen LogP contribution in [0.3, 0.4) is 0 Å². The summed E-state index contributed by atoms with van der Waals surface area (Å²) in [6, 6.07) is 8.45. The van der Waals surface area contributed by atoms with Crippen molar-refractivity contribution in [3.05, 3.63) is 29.8 Å². The number of likely N-dealkylation sites (tertiary alicyclic amines) is 1. The van der Waals surface area contributed by atoms with E-state index in [1.165, 1.54) is 5.56 Å². The van der Waals surface area contributed by atoms with Crippen molar-refractivity contribution in [2.24, 2.45) is 5.73 Å². The molecule has 19 heavy (non-hydrogen) atoms. The van der Waals surface area contributed by atoms with Crippen LogP contribution in [-0.4, -0.2) is 37.7 Å². The van der Waals surface area contributed by atoms with Crippen molar-refractivity contribution >= 4 is 0 Å². The van der Waals surface area contributed by atoms with Gasteiger partial charge >= 0.3 is 0 Å². The van der Waals surface area contributed by atoms with Crippen molar-refractivity contribution in [2.75, 3.05) is 26.7 Å². The van der Waals surface area contributed by atoms with E-state index in [-0.39, 0.29) is 0 Å². The van der Waals surface area contributed by atoms with E-state index in [4.69, 9.17) is 10.5 Å². The first-order valence-electron chi connectivity index (χ1n) is 7.43. The third kappa shape index (κ3) is 4.51. The quantitative estimate of drug-likeness (QED) is 0.800. The van der Waals surface area contributed by atoms with Crippen LogP contribution in [0, 0.1) is 0 Å². The molecule has 0 spiro atoms. The third-order valence-electron chi connectivity index (χ3n) is 3.83. The van der Waals surface area contributed by atoms with E-state index in [1.807, 2.05) is 0 Å². The fourth-order valence-electron chi connectivity index (χ4n) is 2.57. The maximum atomic E-state index is 6.21.